The van der Waals surface area contributed by atoms with Crippen LogP contribution < -0.4 is 10.7 Å². The first-order valence-electron chi connectivity index (χ1n) is 7.36. The summed E-state index contributed by atoms with van der Waals surface area (Å²) in [6.07, 6.45) is -2.93. The van der Waals surface area contributed by atoms with Gasteiger partial charge in [0.15, 0.2) is 5.69 Å². The van der Waals surface area contributed by atoms with Crippen LogP contribution in [0.5, 0.6) is 0 Å². The molecule has 3 rings (SSSR count). The lowest BCUT2D eigenvalue weighted by Gasteiger charge is -2.16. The Bertz CT molecular complexity index is 854. The van der Waals surface area contributed by atoms with Crippen LogP contribution in [0.15, 0.2) is 35.1 Å². The maximum absolute atomic E-state index is 13.2. The lowest BCUT2D eigenvalue weighted by molar-refractivity contribution is -0.137. The number of aryl methyl sites for hydroxylation is 1. The van der Waals surface area contributed by atoms with Gasteiger partial charge in [0.05, 0.1) is 11.3 Å². The van der Waals surface area contributed by atoms with E-state index < -0.39 is 28.8 Å². The molecule has 0 radical (unpaired) electrons. The minimum Gasteiger partial charge on any atom is -0.348 e. The van der Waals surface area contributed by atoms with Crippen LogP contribution in [0.2, 0.25) is 0 Å². The number of amides is 1. The smallest absolute Gasteiger partial charge is 0.348 e. The summed E-state index contributed by atoms with van der Waals surface area (Å²) in [7, 11) is 0. The minimum atomic E-state index is -4.58. The molecule has 5 nitrogen and oxygen atoms in total. The predicted octanol–water partition coefficient (Wildman–Crippen LogP) is 2.45. The standard InChI is InChI=1S/C16H14F3N3O2/c1-9-8-13(23)14(15(24)20-10-6-7-10)21-22(9)12-5-3-2-4-11(12)16(17,18)19/h2-5,8,10H,6-7H2,1H3,(H,20,24). The Morgan fingerprint density at radius 1 is 1.29 bits per heavy atom. The Morgan fingerprint density at radius 3 is 2.58 bits per heavy atom. The summed E-state index contributed by atoms with van der Waals surface area (Å²) in [6, 6.07) is 6.01. The number of alkyl halides is 3. The molecule has 0 spiro atoms. The van der Waals surface area contributed by atoms with Gasteiger partial charge in [0.25, 0.3) is 5.91 Å². The molecule has 1 amide bonds. The van der Waals surface area contributed by atoms with Crippen LogP contribution in [0.25, 0.3) is 5.69 Å². The molecule has 0 saturated heterocycles. The van der Waals surface area contributed by atoms with Crippen molar-refractivity contribution in [3.63, 3.8) is 0 Å². The summed E-state index contributed by atoms with van der Waals surface area (Å²) in [5, 5.41) is 6.51. The zero-order valence-corrected chi connectivity index (χ0v) is 12.7. The summed E-state index contributed by atoms with van der Waals surface area (Å²) in [5.74, 6) is -0.666. The van der Waals surface area contributed by atoms with Crippen molar-refractivity contribution in [3.05, 3.63) is 57.5 Å². The highest BCUT2D eigenvalue weighted by Gasteiger charge is 2.34. The second kappa shape index (κ2) is 5.77. The second-order valence-corrected chi connectivity index (χ2v) is 5.67. The van der Waals surface area contributed by atoms with Crippen LogP contribution in [-0.4, -0.2) is 21.7 Å². The first kappa shape index (κ1) is 16.2. The first-order valence-corrected chi connectivity index (χ1v) is 7.36. The van der Waals surface area contributed by atoms with Crippen molar-refractivity contribution in [2.24, 2.45) is 0 Å². The van der Waals surface area contributed by atoms with Crippen molar-refractivity contribution < 1.29 is 18.0 Å². The average Bonchev–Trinajstić information content (AvgIpc) is 3.30. The molecule has 0 atom stereocenters. The van der Waals surface area contributed by atoms with E-state index in [2.05, 4.69) is 10.4 Å². The fraction of sp³-hybridized carbons (Fsp3) is 0.312. The SMILES string of the molecule is Cc1cc(=O)c(C(=O)NC2CC2)nn1-c1ccccc1C(F)(F)F. The van der Waals surface area contributed by atoms with E-state index in [9.17, 15) is 22.8 Å². The maximum Gasteiger partial charge on any atom is 0.418 e. The van der Waals surface area contributed by atoms with Gasteiger partial charge in [0, 0.05) is 17.8 Å². The van der Waals surface area contributed by atoms with E-state index in [1.807, 2.05) is 0 Å². The molecule has 0 unspecified atom stereocenters. The monoisotopic (exact) mass is 337 g/mol. The normalized spacial score (nSPS) is 14.5. The van der Waals surface area contributed by atoms with Crippen molar-refractivity contribution in [3.8, 4) is 5.69 Å². The van der Waals surface area contributed by atoms with Gasteiger partial charge >= 0.3 is 6.18 Å². The fourth-order valence-electron chi connectivity index (χ4n) is 2.33. The molecular formula is C16H14F3N3O2. The van der Waals surface area contributed by atoms with Crippen molar-refractivity contribution in [1.82, 2.24) is 15.1 Å². The van der Waals surface area contributed by atoms with Gasteiger partial charge in [0.2, 0.25) is 5.43 Å². The van der Waals surface area contributed by atoms with E-state index in [1.54, 1.807) is 0 Å². The zero-order valence-electron chi connectivity index (χ0n) is 12.7. The van der Waals surface area contributed by atoms with Gasteiger partial charge < -0.3 is 5.32 Å². The lowest BCUT2D eigenvalue weighted by Crippen LogP contribution is -2.33. The molecule has 0 aliphatic heterocycles. The molecule has 1 aromatic carbocycles. The zero-order chi connectivity index (χ0) is 17.5. The third-order valence-corrected chi connectivity index (χ3v) is 3.67. The van der Waals surface area contributed by atoms with Crippen LogP contribution in [0.1, 0.15) is 34.6 Å². The number of aromatic nitrogens is 2. The number of rotatable bonds is 3. The number of hydrogen-bond donors (Lipinski definition) is 1. The van der Waals surface area contributed by atoms with E-state index >= 15 is 0 Å². The number of carbonyl (C=O) groups is 1. The highest BCUT2D eigenvalue weighted by Crippen LogP contribution is 2.33. The number of nitrogens with one attached hydrogen (secondary N) is 1. The molecule has 24 heavy (non-hydrogen) atoms. The summed E-state index contributed by atoms with van der Waals surface area (Å²) in [5.41, 5.74) is -1.95. The van der Waals surface area contributed by atoms with Crippen LogP contribution in [0.3, 0.4) is 0 Å². The number of carbonyl (C=O) groups excluding carboxylic acids is 1. The third kappa shape index (κ3) is 3.17. The molecule has 2 aromatic rings. The molecule has 1 N–H and O–H groups in total. The Hall–Kier alpha value is -2.64. The van der Waals surface area contributed by atoms with E-state index in [0.29, 0.717) is 0 Å². The predicted molar refractivity (Wildman–Crippen MR) is 80.1 cm³/mol. The minimum absolute atomic E-state index is 0.0101. The molecule has 1 heterocycles. The molecule has 1 aromatic heterocycles. The highest BCUT2D eigenvalue weighted by molar-refractivity contribution is 5.92. The van der Waals surface area contributed by atoms with Crippen LogP contribution in [0.4, 0.5) is 13.2 Å². The van der Waals surface area contributed by atoms with Crippen molar-refractivity contribution in [1.29, 1.82) is 0 Å². The van der Waals surface area contributed by atoms with Crippen LogP contribution in [-0.2, 0) is 6.18 Å². The van der Waals surface area contributed by atoms with Crippen molar-refractivity contribution in [2.75, 3.05) is 0 Å². The molecule has 8 heteroatoms. The number of benzene rings is 1. The Kier molecular flexibility index (Phi) is 3.90. The Labute approximate surface area is 135 Å². The topological polar surface area (TPSA) is 64.0 Å². The lowest BCUT2D eigenvalue weighted by atomic mass is 10.1. The quantitative estimate of drug-likeness (QED) is 0.936. The molecule has 1 aliphatic rings. The number of para-hydroxylation sites is 1. The maximum atomic E-state index is 13.2. The molecule has 0 bridgehead atoms. The summed E-state index contributed by atoms with van der Waals surface area (Å²) >= 11 is 0. The Morgan fingerprint density at radius 2 is 1.96 bits per heavy atom. The average molecular weight is 337 g/mol. The highest BCUT2D eigenvalue weighted by atomic mass is 19.4. The van der Waals surface area contributed by atoms with Gasteiger partial charge in [-0.2, -0.15) is 18.3 Å². The van der Waals surface area contributed by atoms with Gasteiger partial charge in [-0.05, 0) is 31.9 Å². The molecule has 1 saturated carbocycles. The second-order valence-electron chi connectivity index (χ2n) is 5.67. The number of hydrogen-bond acceptors (Lipinski definition) is 3. The van der Waals surface area contributed by atoms with E-state index in [4.69, 9.17) is 0 Å². The van der Waals surface area contributed by atoms with Crippen LogP contribution in [0, 0.1) is 6.92 Å². The largest absolute Gasteiger partial charge is 0.418 e. The molecular weight excluding hydrogens is 323 g/mol. The van der Waals surface area contributed by atoms with Gasteiger partial charge in [-0.1, -0.05) is 12.1 Å². The van der Waals surface area contributed by atoms with Crippen molar-refractivity contribution >= 4 is 5.91 Å². The molecule has 1 aliphatic carbocycles. The van der Waals surface area contributed by atoms with Crippen LogP contribution >= 0.6 is 0 Å². The summed E-state index contributed by atoms with van der Waals surface area (Å²) in [6.45, 7) is 1.46. The van der Waals surface area contributed by atoms with Gasteiger partial charge in [-0.15, -0.1) is 0 Å². The molecule has 1 fully saturated rings. The van der Waals surface area contributed by atoms with E-state index in [0.717, 1.165) is 29.7 Å². The summed E-state index contributed by atoms with van der Waals surface area (Å²) < 4.78 is 40.6. The molecule has 126 valence electrons. The Balaban J connectivity index is 2.12. The van der Waals surface area contributed by atoms with Gasteiger partial charge in [-0.25, -0.2) is 4.68 Å². The number of nitrogens with zero attached hydrogens (tertiary/aromatic N) is 2. The number of halogens is 3. The van der Waals surface area contributed by atoms with E-state index in [1.165, 1.54) is 25.1 Å². The van der Waals surface area contributed by atoms with Gasteiger partial charge in [0.1, 0.15) is 0 Å². The summed E-state index contributed by atoms with van der Waals surface area (Å²) in [4.78, 5) is 24.1. The van der Waals surface area contributed by atoms with Gasteiger partial charge in [-0.3, -0.25) is 9.59 Å². The van der Waals surface area contributed by atoms with Crippen molar-refractivity contribution in [2.45, 2.75) is 32.0 Å². The van der Waals surface area contributed by atoms with E-state index in [-0.39, 0.29) is 17.4 Å². The first-order chi connectivity index (χ1) is 11.3. The third-order valence-electron chi connectivity index (χ3n) is 3.67. The fourth-order valence-corrected chi connectivity index (χ4v) is 2.33.